The number of rotatable bonds is 8. The van der Waals surface area contributed by atoms with E-state index in [2.05, 4.69) is 19.2 Å². The van der Waals surface area contributed by atoms with Gasteiger partial charge in [0.15, 0.2) is 0 Å². The van der Waals surface area contributed by atoms with Crippen LogP contribution in [0.2, 0.25) is 0 Å². The van der Waals surface area contributed by atoms with Crippen LogP contribution in [0, 0.1) is 0 Å². The van der Waals surface area contributed by atoms with Gasteiger partial charge in [-0.05, 0) is 13.3 Å². The van der Waals surface area contributed by atoms with E-state index in [1.165, 1.54) is 38.5 Å². The Kier molecular flexibility index (Phi) is 8.06. The first-order valence-corrected chi connectivity index (χ1v) is 7.76. The molecule has 0 unspecified atom stereocenters. The van der Waals surface area contributed by atoms with Crippen molar-refractivity contribution in [2.75, 3.05) is 19.6 Å². The Morgan fingerprint density at radius 1 is 1.17 bits per heavy atom. The Balaban J connectivity index is 2.02. The zero-order valence-corrected chi connectivity index (χ0v) is 12.2. The summed E-state index contributed by atoms with van der Waals surface area (Å²) in [4.78, 5) is 14.1. The molecule has 18 heavy (non-hydrogen) atoms. The van der Waals surface area contributed by atoms with E-state index in [1.807, 2.05) is 4.90 Å². The average molecular weight is 254 g/mol. The van der Waals surface area contributed by atoms with Crippen molar-refractivity contribution in [1.29, 1.82) is 0 Å². The summed E-state index contributed by atoms with van der Waals surface area (Å²) in [5.74, 6) is 0.359. The van der Waals surface area contributed by atoms with E-state index in [1.54, 1.807) is 0 Å². The summed E-state index contributed by atoms with van der Waals surface area (Å²) in [7, 11) is 0. The zero-order chi connectivity index (χ0) is 13.2. The molecule has 1 fully saturated rings. The molecule has 3 heteroatoms. The third-order valence-corrected chi connectivity index (χ3v) is 3.82. The lowest BCUT2D eigenvalue weighted by Gasteiger charge is -2.34. The molecular formula is C15H30N2O. The molecule has 0 aromatic heterocycles. The van der Waals surface area contributed by atoms with Gasteiger partial charge in [-0.15, -0.1) is 0 Å². The molecule has 0 aliphatic carbocycles. The van der Waals surface area contributed by atoms with Gasteiger partial charge >= 0.3 is 0 Å². The highest BCUT2D eigenvalue weighted by atomic mass is 16.2. The van der Waals surface area contributed by atoms with E-state index >= 15 is 0 Å². The Hall–Kier alpha value is -0.570. The molecule has 1 N–H and O–H groups in total. The van der Waals surface area contributed by atoms with Gasteiger partial charge in [-0.3, -0.25) is 4.79 Å². The van der Waals surface area contributed by atoms with Crippen molar-refractivity contribution in [3.63, 3.8) is 0 Å². The van der Waals surface area contributed by atoms with Crippen LogP contribution in [0.5, 0.6) is 0 Å². The van der Waals surface area contributed by atoms with Crippen LogP contribution < -0.4 is 5.32 Å². The summed E-state index contributed by atoms with van der Waals surface area (Å²) < 4.78 is 0. The molecule has 106 valence electrons. The van der Waals surface area contributed by atoms with Crippen LogP contribution in [-0.2, 0) is 4.79 Å². The molecule has 0 saturated carbocycles. The second kappa shape index (κ2) is 9.37. The third-order valence-electron chi connectivity index (χ3n) is 3.82. The minimum absolute atomic E-state index is 0.359. The van der Waals surface area contributed by atoms with Gasteiger partial charge in [0.25, 0.3) is 0 Å². The summed E-state index contributed by atoms with van der Waals surface area (Å²) in [5.41, 5.74) is 0. The lowest BCUT2D eigenvalue weighted by Crippen LogP contribution is -2.52. The predicted octanol–water partition coefficient (Wildman–Crippen LogP) is 2.95. The van der Waals surface area contributed by atoms with Crippen LogP contribution in [-0.4, -0.2) is 36.5 Å². The second-order valence-electron chi connectivity index (χ2n) is 5.51. The molecule has 0 spiro atoms. The lowest BCUT2D eigenvalue weighted by molar-refractivity contribution is -0.134. The molecule has 1 aliphatic heterocycles. The molecule has 0 aromatic carbocycles. The van der Waals surface area contributed by atoms with Gasteiger partial charge < -0.3 is 10.2 Å². The molecule has 0 aromatic rings. The van der Waals surface area contributed by atoms with Gasteiger partial charge in [0.05, 0.1) is 0 Å². The zero-order valence-electron chi connectivity index (χ0n) is 12.2. The first kappa shape index (κ1) is 15.5. The standard InChI is InChI=1S/C15H30N2O/c1-3-4-5-6-7-8-9-10-15(18)17-12-11-16-13-14(17)2/h14,16H,3-13H2,1-2H3/t14-/m1/s1. The van der Waals surface area contributed by atoms with Crippen molar-refractivity contribution in [1.82, 2.24) is 10.2 Å². The summed E-state index contributed by atoms with van der Waals surface area (Å²) in [6.45, 7) is 7.16. The number of hydrogen-bond donors (Lipinski definition) is 1. The van der Waals surface area contributed by atoms with Crippen molar-refractivity contribution >= 4 is 5.91 Å². The van der Waals surface area contributed by atoms with E-state index < -0.39 is 0 Å². The van der Waals surface area contributed by atoms with E-state index in [0.717, 1.165) is 32.5 Å². The van der Waals surface area contributed by atoms with E-state index in [0.29, 0.717) is 11.9 Å². The lowest BCUT2D eigenvalue weighted by atomic mass is 10.1. The van der Waals surface area contributed by atoms with Gasteiger partial charge in [0.1, 0.15) is 0 Å². The van der Waals surface area contributed by atoms with Crippen molar-refractivity contribution in [3.8, 4) is 0 Å². The number of unbranched alkanes of at least 4 members (excludes halogenated alkanes) is 6. The molecule has 1 heterocycles. The Labute approximate surface area is 112 Å². The Bertz CT molecular complexity index is 231. The Morgan fingerprint density at radius 3 is 2.50 bits per heavy atom. The predicted molar refractivity (Wildman–Crippen MR) is 76.7 cm³/mol. The van der Waals surface area contributed by atoms with Crippen molar-refractivity contribution in [2.45, 2.75) is 71.3 Å². The summed E-state index contributed by atoms with van der Waals surface area (Å²) >= 11 is 0. The van der Waals surface area contributed by atoms with Crippen molar-refractivity contribution in [3.05, 3.63) is 0 Å². The maximum absolute atomic E-state index is 12.0. The SMILES string of the molecule is CCCCCCCCCC(=O)N1CCNC[C@H]1C. The van der Waals surface area contributed by atoms with Crippen LogP contribution in [0.15, 0.2) is 0 Å². The van der Waals surface area contributed by atoms with Gasteiger partial charge in [-0.25, -0.2) is 0 Å². The van der Waals surface area contributed by atoms with Crippen LogP contribution >= 0.6 is 0 Å². The molecule has 1 amide bonds. The fourth-order valence-electron chi connectivity index (χ4n) is 2.59. The van der Waals surface area contributed by atoms with E-state index in [4.69, 9.17) is 0 Å². The van der Waals surface area contributed by atoms with Gasteiger partial charge in [-0.1, -0.05) is 45.4 Å². The Morgan fingerprint density at radius 2 is 1.83 bits per heavy atom. The highest BCUT2D eigenvalue weighted by Gasteiger charge is 2.21. The fourth-order valence-corrected chi connectivity index (χ4v) is 2.59. The average Bonchev–Trinajstić information content (AvgIpc) is 2.38. The fraction of sp³-hybridized carbons (Fsp3) is 0.933. The molecular weight excluding hydrogens is 224 g/mol. The maximum Gasteiger partial charge on any atom is 0.222 e. The number of carbonyl (C=O) groups is 1. The van der Waals surface area contributed by atoms with Crippen molar-refractivity contribution in [2.24, 2.45) is 0 Å². The van der Waals surface area contributed by atoms with E-state index in [9.17, 15) is 4.79 Å². The molecule has 1 atom stereocenters. The minimum atomic E-state index is 0.359. The summed E-state index contributed by atoms with van der Waals surface area (Å²) in [6, 6.07) is 0.371. The maximum atomic E-state index is 12.0. The quantitative estimate of drug-likeness (QED) is 0.675. The number of amides is 1. The molecule has 1 saturated heterocycles. The molecule has 1 aliphatic rings. The van der Waals surface area contributed by atoms with Crippen LogP contribution in [0.1, 0.15) is 65.2 Å². The topological polar surface area (TPSA) is 32.3 Å². The van der Waals surface area contributed by atoms with Gasteiger partial charge in [0.2, 0.25) is 5.91 Å². The second-order valence-corrected chi connectivity index (χ2v) is 5.51. The van der Waals surface area contributed by atoms with Crippen LogP contribution in [0.4, 0.5) is 0 Å². The largest absolute Gasteiger partial charge is 0.337 e. The normalized spacial score (nSPS) is 20.1. The first-order chi connectivity index (χ1) is 8.75. The van der Waals surface area contributed by atoms with Gasteiger partial charge in [0, 0.05) is 32.1 Å². The molecule has 0 radical (unpaired) electrons. The minimum Gasteiger partial charge on any atom is -0.337 e. The smallest absolute Gasteiger partial charge is 0.222 e. The van der Waals surface area contributed by atoms with Crippen molar-refractivity contribution < 1.29 is 4.79 Å². The first-order valence-electron chi connectivity index (χ1n) is 7.76. The number of nitrogens with one attached hydrogen (secondary N) is 1. The van der Waals surface area contributed by atoms with Crippen LogP contribution in [0.3, 0.4) is 0 Å². The summed E-state index contributed by atoms with van der Waals surface area (Å²) in [5, 5.41) is 3.32. The monoisotopic (exact) mass is 254 g/mol. The highest BCUT2D eigenvalue weighted by Crippen LogP contribution is 2.11. The third kappa shape index (κ3) is 5.85. The number of carbonyl (C=O) groups excluding carboxylic acids is 1. The molecule has 3 nitrogen and oxygen atoms in total. The molecule has 0 bridgehead atoms. The summed E-state index contributed by atoms with van der Waals surface area (Å²) in [6.07, 6.45) is 9.70. The van der Waals surface area contributed by atoms with Gasteiger partial charge in [-0.2, -0.15) is 0 Å². The van der Waals surface area contributed by atoms with E-state index in [-0.39, 0.29) is 0 Å². The molecule has 1 rings (SSSR count). The highest BCUT2D eigenvalue weighted by molar-refractivity contribution is 5.76. The number of nitrogens with zero attached hydrogens (tertiary/aromatic N) is 1. The number of piperazine rings is 1. The van der Waals surface area contributed by atoms with Crippen LogP contribution in [0.25, 0.3) is 0 Å². The number of hydrogen-bond acceptors (Lipinski definition) is 2.